The van der Waals surface area contributed by atoms with Crippen molar-refractivity contribution in [1.29, 1.82) is 0 Å². The molecule has 0 aromatic rings. The highest BCUT2D eigenvalue weighted by atomic mass is 16.6. The van der Waals surface area contributed by atoms with E-state index < -0.39 is 5.97 Å². The Morgan fingerprint density at radius 1 is 0.864 bits per heavy atom. The number of carbonyl (C=O) groups is 1. The van der Waals surface area contributed by atoms with Gasteiger partial charge in [0.25, 0.3) is 0 Å². The van der Waals surface area contributed by atoms with Gasteiger partial charge in [-0.05, 0) is 19.3 Å². The summed E-state index contributed by atoms with van der Waals surface area (Å²) in [4.78, 5) is 15.2. The van der Waals surface area contributed by atoms with Crippen LogP contribution in [0.15, 0.2) is 0 Å². The second-order valence-electron chi connectivity index (χ2n) is 6.34. The van der Waals surface area contributed by atoms with Crippen molar-refractivity contribution in [3.63, 3.8) is 0 Å². The van der Waals surface area contributed by atoms with Gasteiger partial charge < -0.3 is 9.94 Å². The summed E-state index contributed by atoms with van der Waals surface area (Å²) in [5.74, 6) is 4.55. The number of rotatable bonds is 17. The normalized spacial score (nSPS) is 12.5. The topological polar surface area (TPSA) is 72.5 Å². The maximum absolute atomic E-state index is 10.4. The van der Waals surface area contributed by atoms with Gasteiger partial charge in [0, 0.05) is 6.42 Å². The molecule has 0 aliphatic carbocycles. The van der Waals surface area contributed by atoms with Crippen molar-refractivity contribution in [2.24, 2.45) is 5.90 Å². The average molecular weight is 315 g/mol. The summed E-state index contributed by atoms with van der Waals surface area (Å²) in [6.45, 7) is 2.11. The SMILES string of the molecule is CCC(CCCCCCCCCCCCCCC(=O)O)ON. The van der Waals surface area contributed by atoms with Crippen LogP contribution in [0.3, 0.4) is 0 Å². The van der Waals surface area contributed by atoms with E-state index in [2.05, 4.69) is 6.92 Å². The summed E-state index contributed by atoms with van der Waals surface area (Å²) in [6.07, 6.45) is 17.6. The third kappa shape index (κ3) is 15.8. The standard InChI is InChI=1S/C18H37NO3/c1-2-17(22-19)15-13-11-9-7-5-3-4-6-8-10-12-14-16-18(20)21/h17H,2-16,19H2,1H3,(H,20,21). The van der Waals surface area contributed by atoms with Crippen LogP contribution in [0.5, 0.6) is 0 Å². The summed E-state index contributed by atoms with van der Waals surface area (Å²) in [7, 11) is 0. The molecule has 0 saturated heterocycles. The van der Waals surface area contributed by atoms with Crippen molar-refractivity contribution in [2.75, 3.05) is 0 Å². The first kappa shape index (κ1) is 21.4. The molecule has 0 rings (SSSR count). The van der Waals surface area contributed by atoms with E-state index in [1.54, 1.807) is 0 Å². The zero-order valence-electron chi connectivity index (χ0n) is 14.5. The molecular formula is C18H37NO3. The predicted octanol–water partition coefficient (Wildman–Crippen LogP) is 5.20. The van der Waals surface area contributed by atoms with Crippen molar-refractivity contribution in [3.05, 3.63) is 0 Å². The molecule has 0 saturated carbocycles. The van der Waals surface area contributed by atoms with E-state index in [9.17, 15) is 4.79 Å². The molecule has 0 aromatic heterocycles. The molecule has 0 heterocycles. The first-order chi connectivity index (χ1) is 10.7. The molecule has 0 aliphatic rings. The lowest BCUT2D eigenvalue weighted by Crippen LogP contribution is -2.15. The van der Waals surface area contributed by atoms with Crippen molar-refractivity contribution in [3.8, 4) is 0 Å². The summed E-state index contributed by atoms with van der Waals surface area (Å²) in [5.41, 5.74) is 0. The Morgan fingerprint density at radius 3 is 1.64 bits per heavy atom. The molecule has 1 atom stereocenters. The zero-order chi connectivity index (χ0) is 16.5. The number of aliphatic carboxylic acids is 1. The second-order valence-corrected chi connectivity index (χ2v) is 6.34. The highest BCUT2D eigenvalue weighted by molar-refractivity contribution is 5.66. The number of carboxylic acids is 1. The minimum atomic E-state index is -0.666. The largest absolute Gasteiger partial charge is 0.481 e. The molecule has 4 nitrogen and oxygen atoms in total. The fraction of sp³-hybridized carbons (Fsp3) is 0.944. The number of unbranched alkanes of at least 4 members (excludes halogenated alkanes) is 11. The van der Waals surface area contributed by atoms with Crippen molar-refractivity contribution >= 4 is 5.97 Å². The van der Waals surface area contributed by atoms with E-state index in [-0.39, 0.29) is 6.10 Å². The number of hydrogen-bond acceptors (Lipinski definition) is 3. The molecule has 3 N–H and O–H groups in total. The van der Waals surface area contributed by atoms with Gasteiger partial charge in [-0.3, -0.25) is 4.79 Å². The molecule has 132 valence electrons. The monoisotopic (exact) mass is 315 g/mol. The molecule has 22 heavy (non-hydrogen) atoms. The molecular weight excluding hydrogens is 278 g/mol. The highest BCUT2D eigenvalue weighted by Gasteiger charge is 2.03. The predicted molar refractivity (Wildman–Crippen MR) is 91.6 cm³/mol. The van der Waals surface area contributed by atoms with Gasteiger partial charge in [-0.1, -0.05) is 77.6 Å². The first-order valence-electron chi connectivity index (χ1n) is 9.28. The van der Waals surface area contributed by atoms with Gasteiger partial charge >= 0.3 is 5.97 Å². The third-order valence-corrected chi connectivity index (χ3v) is 4.31. The van der Waals surface area contributed by atoms with Gasteiger partial charge in [-0.15, -0.1) is 0 Å². The minimum Gasteiger partial charge on any atom is -0.481 e. The number of hydrogen-bond donors (Lipinski definition) is 2. The number of carboxylic acid groups (broad SMARTS) is 1. The van der Waals surface area contributed by atoms with Crippen LogP contribution in [0.4, 0.5) is 0 Å². The van der Waals surface area contributed by atoms with Gasteiger partial charge in [-0.25, -0.2) is 5.90 Å². The van der Waals surface area contributed by atoms with Crippen molar-refractivity contribution in [2.45, 2.75) is 109 Å². The summed E-state index contributed by atoms with van der Waals surface area (Å²) in [5, 5.41) is 8.53. The maximum atomic E-state index is 10.4. The van der Waals surface area contributed by atoms with Crippen LogP contribution in [0.2, 0.25) is 0 Å². The Labute approximate surface area is 136 Å². The smallest absolute Gasteiger partial charge is 0.303 e. The van der Waals surface area contributed by atoms with Gasteiger partial charge in [0.2, 0.25) is 0 Å². The van der Waals surface area contributed by atoms with Gasteiger partial charge in [0.05, 0.1) is 6.10 Å². The molecule has 0 radical (unpaired) electrons. The van der Waals surface area contributed by atoms with E-state index in [4.69, 9.17) is 15.8 Å². The first-order valence-corrected chi connectivity index (χ1v) is 9.28. The van der Waals surface area contributed by atoms with Crippen molar-refractivity contribution < 1.29 is 14.7 Å². The van der Waals surface area contributed by atoms with E-state index >= 15 is 0 Å². The second kappa shape index (κ2) is 16.8. The average Bonchev–Trinajstić information content (AvgIpc) is 2.51. The Bertz CT molecular complexity index is 242. The fourth-order valence-electron chi connectivity index (χ4n) is 2.78. The van der Waals surface area contributed by atoms with Crippen LogP contribution in [-0.2, 0) is 9.63 Å². The van der Waals surface area contributed by atoms with Crippen LogP contribution in [0.25, 0.3) is 0 Å². The van der Waals surface area contributed by atoms with Crippen molar-refractivity contribution in [1.82, 2.24) is 0 Å². The zero-order valence-corrected chi connectivity index (χ0v) is 14.5. The molecule has 0 fully saturated rings. The summed E-state index contributed by atoms with van der Waals surface area (Å²) < 4.78 is 0. The maximum Gasteiger partial charge on any atom is 0.303 e. The van der Waals surface area contributed by atoms with Gasteiger partial charge in [0.15, 0.2) is 0 Å². The van der Waals surface area contributed by atoms with Crippen LogP contribution < -0.4 is 5.90 Å². The Hall–Kier alpha value is -0.610. The summed E-state index contributed by atoms with van der Waals surface area (Å²) in [6, 6.07) is 0. The Kier molecular flexibility index (Phi) is 16.3. The van der Waals surface area contributed by atoms with Crippen LogP contribution >= 0.6 is 0 Å². The highest BCUT2D eigenvalue weighted by Crippen LogP contribution is 2.14. The molecule has 1 unspecified atom stereocenters. The fourth-order valence-corrected chi connectivity index (χ4v) is 2.78. The molecule has 4 heteroatoms. The van der Waals surface area contributed by atoms with E-state index in [1.165, 1.54) is 64.2 Å². The molecule has 0 bridgehead atoms. The van der Waals surface area contributed by atoms with Crippen LogP contribution in [0, 0.1) is 0 Å². The van der Waals surface area contributed by atoms with Gasteiger partial charge in [0.1, 0.15) is 0 Å². The third-order valence-electron chi connectivity index (χ3n) is 4.31. The molecule has 0 amide bonds. The van der Waals surface area contributed by atoms with Crippen LogP contribution in [-0.4, -0.2) is 17.2 Å². The minimum absolute atomic E-state index is 0.246. The quantitative estimate of drug-likeness (QED) is 0.286. The lowest BCUT2D eigenvalue weighted by Gasteiger charge is -2.11. The van der Waals surface area contributed by atoms with E-state index in [0.29, 0.717) is 6.42 Å². The Morgan fingerprint density at radius 2 is 1.27 bits per heavy atom. The lowest BCUT2D eigenvalue weighted by molar-refractivity contribution is -0.137. The molecule has 0 aromatic carbocycles. The van der Waals surface area contributed by atoms with E-state index in [1.807, 2.05) is 0 Å². The lowest BCUT2D eigenvalue weighted by atomic mass is 10.0. The molecule has 0 spiro atoms. The number of nitrogens with two attached hydrogens (primary N) is 1. The summed E-state index contributed by atoms with van der Waals surface area (Å²) >= 11 is 0. The Balaban J connectivity index is 3.07. The van der Waals surface area contributed by atoms with Crippen LogP contribution in [0.1, 0.15) is 103 Å². The molecule has 0 aliphatic heterocycles. The van der Waals surface area contributed by atoms with E-state index in [0.717, 1.165) is 25.7 Å². The van der Waals surface area contributed by atoms with Gasteiger partial charge in [-0.2, -0.15) is 0 Å².